The zero-order valence-electron chi connectivity index (χ0n) is 37.1. The predicted molar refractivity (Wildman–Crippen MR) is 245 cm³/mol. The molecule has 6 unspecified atom stereocenters. The number of carbonyl (C=O) groups excluding carboxylic acids is 2. The lowest BCUT2D eigenvalue weighted by Gasteiger charge is -2.45. The van der Waals surface area contributed by atoms with Crippen LogP contribution in [0.15, 0.2) is 117 Å². The third-order valence-electron chi connectivity index (χ3n) is 13.7. The van der Waals surface area contributed by atoms with Crippen LogP contribution in [0.3, 0.4) is 0 Å². The van der Waals surface area contributed by atoms with Gasteiger partial charge in [-0.1, -0.05) is 96.8 Å². The summed E-state index contributed by atoms with van der Waals surface area (Å²) in [5, 5.41) is 21.5. The first-order valence-electron chi connectivity index (χ1n) is 22.6. The second-order valence-electron chi connectivity index (χ2n) is 18.0. The monoisotopic (exact) mass is 874 g/mol. The summed E-state index contributed by atoms with van der Waals surface area (Å²) in [7, 11) is 1.53. The molecule has 0 radical (unpaired) electrons. The normalized spacial score (nSPS) is 24.6. The van der Waals surface area contributed by atoms with Crippen LogP contribution in [-0.2, 0) is 56.1 Å². The van der Waals surface area contributed by atoms with Gasteiger partial charge in [-0.2, -0.15) is 0 Å². The molecule has 4 heterocycles. The van der Waals surface area contributed by atoms with Crippen molar-refractivity contribution in [1.29, 1.82) is 0 Å². The molecule has 4 aromatic carbocycles. The van der Waals surface area contributed by atoms with Gasteiger partial charge in [0.1, 0.15) is 11.3 Å². The lowest BCUT2D eigenvalue weighted by atomic mass is 9.71. The lowest BCUT2D eigenvalue weighted by molar-refractivity contribution is -0.190. The Labute approximate surface area is 378 Å². The second kappa shape index (κ2) is 18.7. The van der Waals surface area contributed by atoms with Crippen molar-refractivity contribution in [2.75, 3.05) is 20.3 Å². The molecule has 0 saturated heterocycles. The molecule has 5 aromatic rings. The highest BCUT2D eigenvalue weighted by molar-refractivity contribution is 5.90. The van der Waals surface area contributed by atoms with Crippen LogP contribution < -0.4 is 10.4 Å². The van der Waals surface area contributed by atoms with Crippen molar-refractivity contribution >= 4 is 22.9 Å². The van der Waals surface area contributed by atoms with Crippen LogP contribution >= 0.6 is 0 Å². The van der Waals surface area contributed by atoms with Crippen LogP contribution in [0.5, 0.6) is 5.75 Å². The van der Waals surface area contributed by atoms with Crippen LogP contribution in [0.2, 0.25) is 0 Å². The minimum absolute atomic E-state index is 0.0231. The topological polar surface area (TPSA) is 142 Å². The van der Waals surface area contributed by atoms with Gasteiger partial charge in [-0.3, -0.25) is 4.79 Å². The molecular formula is C55H54O10. The van der Waals surface area contributed by atoms with E-state index in [-0.39, 0.29) is 79.1 Å². The zero-order chi connectivity index (χ0) is 45.2. The minimum Gasteiger partial charge on any atom is -0.482 e. The number of methoxy groups -OCH3 is 1. The molecule has 334 valence electrons. The number of allylic oxidation sites excluding steroid dienone is 2. The quantitative estimate of drug-likeness (QED) is 0.0513. The Morgan fingerprint density at radius 3 is 2.52 bits per heavy atom. The predicted octanol–water partition coefficient (Wildman–Crippen LogP) is 8.45. The number of esters is 2. The van der Waals surface area contributed by atoms with Gasteiger partial charge in [-0.15, -0.1) is 0 Å². The van der Waals surface area contributed by atoms with Crippen LogP contribution in [-0.4, -0.2) is 54.2 Å². The summed E-state index contributed by atoms with van der Waals surface area (Å²) in [6, 6.07) is 28.9. The van der Waals surface area contributed by atoms with Crippen molar-refractivity contribution in [2.24, 2.45) is 5.92 Å². The van der Waals surface area contributed by atoms with Crippen molar-refractivity contribution in [1.82, 2.24) is 0 Å². The molecule has 10 nitrogen and oxygen atoms in total. The number of fused-ring (bicyclic) bond motifs is 9. The molecule has 4 aliphatic rings. The first-order valence-corrected chi connectivity index (χ1v) is 22.6. The third kappa shape index (κ3) is 8.81. The fourth-order valence-corrected chi connectivity index (χ4v) is 10.3. The summed E-state index contributed by atoms with van der Waals surface area (Å²) in [6.45, 7) is 2.87. The van der Waals surface area contributed by atoms with Gasteiger partial charge >= 0.3 is 17.6 Å². The van der Waals surface area contributed by atoms with Crippen molar-refractivity contribution < 1.29 is 43.2 Å². The highest BCUT2D eigenvalue weighted by Crippen LogP contribution is 2.50. The van der Waals surface area contributed by atoms with Crippen molar-refractivity contribution in [3.63, 3.8) is 0 Å². The molecule has 10 heteroatoms. The number of carbonyl (C=O) groups is 2. The second-order valence-corrected chi connectivity index (χ2v) is 18.0. The van der Waals surface area contributed by atoms with E-state index in [9.17, 15) is 24.6 Å². The standard InChI is InChI=1S/C55H54O10/c1-33(31-56)41-18-15-35-16-19-42-39(27-35)13-7-8-24-55(2)52(64-53(41)59)51(49-47(65-55)22-21-44-46(32-57)45(23-25-61-3)54(60)63-50(44)49)62-48(58)30-40-29-38(17-20-43(40)42)37-14-9-12-36(28-37)26-34-10-5-4-6-11-34/h4-6,9-12,14,16-17,19-22,27-28,38,40,43,51-52,56-57H,13,15,18,23-26,29-32H2,1-3H3. The first kappa shape index (κ1) is 44.0. The molecule has 9 rings (SSSR count). The molecule has 6 atom stereocenters. The van der Waals surface area contributed by atoms with E-state index in [0.29, 0.717) is 41.4 Å². The fraction of sp³-hybridized carbons (Fsp3) is 0.364. The highest BCUT2D eigenvalue weighted by Gasteiger charge is 2.53. The molecule has 0 saturated carbocycles. The van der Waals surface area contributed by atoms with Crippen LogP contribution in [0, 0.1) is 17.8 Å². The smallest absolute Gasteiger partial charge is 0.339 e. The van der Waals surface area contributed by atoms with Gasteiger partial charge in [-0.05, 0) is 102 Å². The van der Waals surface area contributed by atoms with E-state index in [1.54, 1.807) is 26.0 Å². The van der Waals surface area contributed by atoms with Gasteiger partial charge < -0.3 is 33.6 Å². The Morgan fingerprint density at radius 1 is 0.892 bits per heavy atom. The zero-order valence-corrected chi connectivity index (χ0v) is 37.1. The molecule has 5 bridgehead atoms. The molecule has 0 amide bonds. The van der Waals surface area contributed by atoms with Gasteiger partial charge in [0.15, 0.2) is 17.8 Å². The average molecular weight is 875 g/mol. The van der Waals surface area contributed by atoms with E-state index in [4.69, 9.17) is 23.4 Å². The summed E-state index contributed by atoms with van der Waals surface area (Å²) in [5.41, 5.74) is 6.35. The Hall–Kier alpha value is -6.25. The first-order chi connectivity index (χ1) is 31.6. The van der Waals surface area contributed by atoms with Gasteiger partial charge in [0.05, 0.1) is 31.8 Å². The van der Waals surface area contributed by atoms with Gasteiger partial charge in [0.25, 0.3) is 0 Å². The Bertz CT molecular complexity index is 2820. The van der Waals surface area contributed by atoms with E-state index in [0.717, 1.165) is 23.1 Å². The van der Waals surface area contributed by atoms with Crippen LogP contribution in [0.1, 0.15) is 108 Å². The third-order valence-corrected chi connectivity index (χ3v) is 13.7. The summed E-state index contributed by atoms with van der Waals surface area (Å²) in [4.78, 5) is 43.3. The summed E-state index contributed by atoms with van der Waals surface area (Å²) in [5.74, 6) is 5.50. The van der Waals surface area contributed by atoms with E-state index < -0.39 is 42.0 Å². The van der Waals surface area contributed by atoms with Crippen LogP contribution in [0.25, 0.3) is 11.0 Å². The molecule has 2 N–H and O–H groups in total. The molecular weight excluding hydrogens is 821 g/mol. The Kier molecular flexibility index (Phi) is 12.6. The molecule has 1 aromatic heterocycles. The summed E-state index contributed by atoms with van der Waals surface area (Å²) >= 11 is 0. The van der Waals surface area contributed by atoms with Gasteiger partial charge in [-0.25, -0.2) is 9.59 Å². The number of rotatable bonds is 8. The number of ether oxygens (including phenoxy) is 4. The Balaban J connectivity index is 1.21. The summed E-state index contributed by atoms with van der Waals surface area (Å²) < 4.78 is 31.4. The fourth-order valence-electron chi connectivity index (χ4n) is 10.3. The average Bonchev–Trinajstić information content (AvgIpc) is 3.30. The number of hydrogen-bond acceptors (Lipinski definition) is 10. The molecule has 0 spiro atoms. The maximum Gasteiger partial charge on any atom is 0.339 e. The molecule has 1 aliphatic carbocycles. The molecule has 65 heavy (non-hydrogen) atoms. The number of aliphatic hydroxyl groups excluding tert-OH is 2. The van der Waals surface area contributed by atoms with Crippen molar-refractivity contribution in [2.45, 2.75) is 101 Å². The maximum absolute atomic E-state index is 15.0. The van der Waals surface area contributed by atoms with E-state index in [1.165, 1.54) is 23.8 Å². The minimum atomic E-state index is -1.37. The van der Waals surface area contributed by atoms with E-state index in [2.05, 4.69) is 90.7 Å². The van der Waals surface area contributed by atoms with Crippen molar-refractivity contribution in [3.05, 3.63) is 169 Å². The van der Waals surface area contributed by atoms with Crippen LogP contribution in [0.4, 0.5) is 0 Å². The van der Waals surface area contributed by atoms with E-state index in [1.807, 2.05) is 6.07 Å². The number of benzene rings is 4. The van der Waals surface area contributed by atoms with Gasteiger partial charge in [0.2, 0.25) is 0 Å². The maximum atomic E-state index is 15.0. The largest absolute Gasteiger partial charge is 0.482 e. The number of aliphatic hydroxyl groups is 2. The molecule has 0 fully saturated rings. The lowest BCUT2D eigenvalue weighted by Crippen LogP contribution is -2.54. The SMILES string of the molecule is COCCc1c(CO)c2ccc3c(c2oc1=O)C1OC(=O)CC2CC(c4cccc(Cc5ccccc5)c4)C=CC2c2ccc4cc2CC#CCC(C)(O3)C1OC(=O)C(=C(C)CO)CC4. The number of aryl methyl sites for hydroxylation is 1. The van der Waals surface area contributed by atoms with Crippen molar-refractivity contribution in [3.8, 4) is 17.6 Å². The summed E-state index contributed by atoms with van der Waals surface area (Å²) in [6.07, 6.45) is 4.90. The molecule has 3 aliphatic heterocycles. The highest BCUT2D eigenvalue weighted by atomic mass is 16.6. The van der Waals surface area contributed by atoms with E-state index >= 15 is 0 Å². The Morgan fingerprint density at radius 2 is 1.72 bits per heavy atom. The number of hydrogen-bond donors (Lipinski definition) is 2. The van der Waals surface area contributed by atoms with Gasteiger partial charge in [0, 0.05) is 54.7 Å².